The van der Waals surface area contributed by atoms with E-state index in [1.165, 1.54) is 12.7 Å². The average Bonchev–Trinajstić information content (AvgIpc) is 2.61. The van der Waals surface area contributed by atoms with Crippen molar-refractivity contribution in [3.63, 3.8) is 0 Å². The van der Waals surface area contributed by atoms with Crippen LogP contribution in [0, 0.1) is 0 Å². The third-order valence-electron chi connectivity index (χ3n) is 3.04. The van der Waals surface area contributed by atoms with E-state index in [0.29, 0.717) is 23.9 Å². The fourth-order valence-corrected chi connectivity index (χ4v) is 1.74. The second-order valence-corrected chi connectivity index (χ2v) is 4.01. The number of nitrogens with two attached hydrogens (primary N) is 1. The monoisotopic (exact) mass is 208 g/mol. The molecule has 82 valence electrons. The first kappa shape index (κ1) is 10.2. The van der Waals surface area contributed by atoms with Gasteiger partial charge in [-0.15, -0.1) is 0 Å². The van der Waals surface area contributed by atoms with Crippen molar-refractivity contribution in [3.8, 4) is 0 Å². The Hall–Kier alpha value is -1.29. The van der Waals surface area contributed by atoms with Crippen molar-refractivity contribution in [2.45, 2.75) is 31.8 Å². The van der Waals surface area contributed by atoms with Gasteiger partial charge in [-0.3, -0.25) is 4.79 Å². The number of carbonyl (C=O) groups excluding carboxylic acids is 1. The van der Waals surface area contributed by atoms with Gasteiger partial charge in [0.1, 0.15) is 12.0 Å². The van der Waals surface area contributed by atoms with Crippen LogP contribution in [-0.2, 0) is 6.54 Å². The van der Waals surface area contributed by atoms with Crippen molar-refractivity contribution in [2.75, 3.05) is 7.05 Å². The molecule has 15 heavy (non-hydrogen) atoms. The maximum atomic E-state index is 11.9. The Labute approximate surface area is 89.0 Å². The molecule has 0 bridgehead atoms. The zero-order chi connectivity index (χ0) is 10.8. The molecule has 0 spiro atoms. The second kappa shape index (κ2) is 4.06. The first-order valence-corrected chi connectivity index (χ1v) is 5.27. The molecule has 1 aliphatic carbocycles. The smallest absolute Gasteiger partial charge is 0.257 e. The molecule has 1 aromatic rings. The summed E-state index contributed by atoms with van der Waals surface area (Å²) in [6.45, 7) is 0.334. The molecule has 1 fully saturated rings. The van der Waals surface area contributed by atoms with Crippen LogP contribution < -0.4 is 5.73 Å². The largest absolute Gasteiger partial charge is 0.467 e. The second-order valence-electron chi connectivity index (χ2n) is 4.01. The van der Waals surface area contributed by atoms with Crippen molar-refractivity contribution in [1.29, 1.82) is 0 Å². The first-order valence-electron chi connectivity index (χ1n) is 5.27. The van der Waals surface area contributed by atoms with Gasteiger partial charge < -0.3 is 15.1 Å². The quantitative estimate of drug-likeness (QED) is 0.816. The van der Waals surface area contributed by atoms with Crippen LogP contribution in [-0.4, -0.2) is 23.9 Å². The average molecular weight is 208 g/mol. The van der Waals surface area contributed by atoms with Crippen molar-refractivity contribution in [1.82, 2.24) is 4.90 Å². The molecule has 0 aromatic carbocycles. The molecule has 0 radical (unpaired) electrons. The molecule has 0 aliphatic heterocycles. The molecule has 2 N–H and O–H groups in total. The third-order valence-corrected chi connectivity index (χ3v) is 3.04. The molecule has 0 saturated heterocycles. The summed E-state index contributed by atoms with van der Waals surface area (Å²) >= 11 is 0. The molecule has 1 aromatic heterocycles. The molecule has 2 rings (SSSR count). The minimum atomic E-state index is 0.0307. The van der Waals surface area contributed by atoms with E-state index < -0.39 is 0 Å². The van der Waals surface area contributed by atoms with Gasteiger partial charge in [0.15, 0.2) is 0 Å². The molecule has 1 heterocycles. The van der Waals surface area contributed by atoms with Crippen molar-refractivity contribution >= 4 is 5.91 Å². The Morgan fingerprint density at radius 1 is 1.67 bits per heavy atom. The van der Waals surface area contributed by atoms with E-state index in [0.717, 1.165) is 12.8 Å². The molecule has 4 nitrogen and oxygen atoms in total. The van der Waals surface area contributed by atoms with Crippen molar-refractivity contribution < 1.29 is 9.21 Å². The van der Waals surface area contributed by atoms with Gasteiger partial charge >= 0.3 is 0 Å². The molecule has 1 amide bonds. The Balaban J connectivity index is 2.05. The molecule has 1 saturated carbocycles. The fourth-order valence-electron chi connectivity index (χ4n) is 1.74. The lowest BCUT2D eigenvalue weighted by molar-refractivity contribution is 0.0651. The summed E-state index contributed by atoms with van der Waals surface area (Å²) < 4.78 is 5.14. The van der Waals surface area contributed by atoms with Gasteiger partial charge in [0.25, 0.3) is 5.91 Å². The van der Waals surface area contributed by atoms with E-state index in [1.54, 1.807) is 11.0 Å². The van der Waals surface area contributed by atoms with Gasteiger partial charge in [0.05, 0.1) is 12.1 Å². The fraction of sp³-hybridized carbons (Fsp3) is 0.545. The lowest BCUT2D eigenvalue weighted by atomic mass is 9.91. The van der Waals surface area contributed by atoms with Gasteiger partial charge in [0.2, 0.25) is 0 Å². The van der Waals surface area contributed by atoms with Crippen LogP contribution in [0.4, 0.5) is 0 Å². The number of amides is 1. The van der Waals surface area contributed by atoms with Crippen molar-refractivity contribution in [3.05, 3.63) is 23.7 Å². The predicted octanol–water partition coefficient (Wildman–Crippen LogP) is 1.36. The van der Waals surface area contributed by atoms with Gasteiger partial charge in [-0.2, -0.15) is 0 Å². The van der Waals surface area contributed by atoms with Crippen molar-refractivity contribution in [2.24, 2.45) is 5.73 Å². The Morgan fingerprint density at radius 3 is 2.87 bits per heavy atom. The highest BCUT2D eigenvalue weighted by molar-refractivity contribution is 5.94. The highest BCUT2D eigenvalue weighted by Crippen LogP contribution is 2.25. The van der Waals surface area contributed by atoms with Gasteiger partial charge in [-0.05, 0) is 25.3 Å². The lowest BCUT2D eigenvalue weighted by Crippen LogP contribution is -2.41. The molecule has 0 unspecified atom stereocenters. The van der Waals surface area contributed by atoms with E-state index in [-0.39, 0.29) is 5.91 Å². The predicted molar refractivity (Wildman–Crippen MR) is 56.3 cm³/mol. The van der Waals surface area contributed by atoms with E-state index in [9.17, 15) is 4.79 Å². The Bertz CT molecular complexity index is 355. The SMILES string of the molecule is CN(C(=O)c1coc(CN)c1)C1CCC1. The standard InChI is InChI=1S/C11H16N2O2/c1-13(9-3-2-4-9)11(14)8-5-10(6-12)15-7-8/h5,7,9H,2-4,6,12H2,1H3. The van der Waals surface area contributed by atoms with Crippen LogP contribution in [0.5, 0.6) is 0 Å². The Morgan fingerprint density at radius 2 is 2.40 bits per heavy atom. The molecule has 4 heteroatoms. The van der Waals surface area contributed by atoms with Crippen LogP contribution in [0.15, 0.2) is 16.7 Å². The van der Waals surface area contributed by atoms with Gasteiger partial charge in [-0.1, -0.05) is 0 Å². The third kappa shape index (κ3) is 1.90. The zero-order valence-electron chi connectivity index (χ0n) is 8.90. The van der Waals surface area contributed by atoms with Crippen LogP contribution in [0.3, 0.4) is 0 Å². The minimum Gasteiger partial charge on any atom is -0.467 e. The maximum Gasteiger partial charge on any atom is 0.257 e. The minimum absolute atomic E-state index is 0.0307. The summed E-state index contributed by atoms with van der Waals surface area (Å²) in [5, 5.41) is 0. The normalized spacial score (nSPS) is 16.1. The highest BCUT2D eigenvalue weighted by Gasteiger charge is 2.26. The molecular formula is C11H16N2O2. The number of hydrogen-bond donors (Lipinski definition) is 1. The summed E-state index contributed by atoms with van der Waals surface area (Å²) in [5.74, 6) is 0.684. The summed E-state index contributed by atoms with van der Waals surface area (Å²) in [5.41, 5.74) is 6.02. The summed E-state index contributed by atoms with van der Waals surface area (Å²) in [6.07, 6.45) is 4.94. The Kier molecular flexibility index (Phi) is 2.77. The molecule has 1 aliphatic rings. The van der Waals surface area contributed by atoms with Gasteiger partial charge in [0, 0.05) is 13.1 Å². The maximum absolute atomic E-state index is 11.9. The van der Waals surface area contributed by atoms with E-state index in [4.69, 9.17) is 10.2 Å². The topological polar surface area (TPSA) is 59.5 Å². The van der Waals surface area contributed by atoms with E-state index >= 15 is 0 Å². The van der Waals surface area contributed by atoms with Crippen LogP contribution in [0.1, 0.15) is 35.4 Å². The van der Waals surface area contributed by atoms with Gasteiger partial charge in [-0.25, -0.2) is 0 Å². The summed E-state index contributed by atoms with van der Waals surface area (Å²) in [7, 11) is 1.85. The number of rotatable bonds is 3. The summed E-state index contributed by atoms with van der Waals surface area (Å²) in [4.78, 5) is 13.7. The molecule has 0 atom stereocenters. The molecular weight excluding hydrogens is 192 g/mol. The zero-order valence-corrected chi connectivity index (χ0v) is 8.90. The van der Waals surface area contributed by atoms with E-state index in [2.05, 4.69) is 0 Å². The van der Waals surface area contributed by atoms with E-state index in [1.807, 2.05) is 7.05 Å². The van der Waals surface area contributed by atoms with Crippen LogP contribution in [0.2, 0.25) is 0 Å². The highest BCUT2D eigenvalue weighted by atomic mass is 16.3. The number of hydrogen-bond acceptors (Lipinski definition) is 3. The lowest BCUT2D eigenvalue weighted by Gasteiger charge is -2.34. The van der Waals surface area contributed by atoms with Crippen LogP contribution in [0.25, 0.3) is 0 Å². The number of nitrogens with zero attached hydrogens (tertiary/aromatic N) is 1. The number of carbonyl (C=O) groups is 1. The summed E-state index contributed by atoms with van der Waals surface area (Å²) in [6, 6.07) is 2.13. The van der Waals surface area contributed by atoms with Crippen LogP contribution >= 0.6 is 0 Å². The first-order chi connectivity index (χ1) is 7.22. The number of furan rings is 1.